The topological polar surface area (TPSA) is 79.8 Å². The normalized spacial score (nSPS) is 10.4. The SMILES string of the molecule is N#Cc1c(-c2ccsc2)cc(SCC(=O)c2ccc(Cl)cc2)nc1N. The third kappa shape index (κ3) is 4.02. The molecule has 7 heteroatoms. The summed E-state index contributed by atoms with van der Waals surface area (Å²) >= 11 is 8.67. The fraction of sp³-hybridized carbons (Fsp3) is 0.0556. The molecule has 0 aliphatic carbocycles. The van der Waals surface area contributed by atoms with Gasteiger partial charge < -0.3 is 5.73 Å². The second-order valence-electron chi connectivity index (χ2n) is 5.11. The van der Waals surface area contributed by atoms with Gasteiger partial charge in [0.25, 0.3) is 0 Å². The van der Waals surface area contributed by atoms with E-state index in [9.17, 15) is 10.1 Å². The van der Waals surface area contributed by atoms with E-state index in [-0.39, 0.29) is 17.4 Å². The zero-order valence-corrected chi connectivity index (χ0v) is 15.3. The van der Waals surface area contributed by atoms with Gasteiger partial charge >= 0.3 is 0 Å². The molecule has 124 valence electrons. The molecule has 0 saturated heterocycles. The summed E-state index contributed by atoms with van der Waals surface area (Å²) in [5.74, 6) is 0.374. The summed E-state index contributed by atoms with van der Waals surface area (Å²) in [6.07, 6.45) is 0. The van der Waals surface area contributed by atoms with Crippen LogP contribution in [-0.2, 0) is 0 Å². The quantitative estimate of drug-likeness (QED) is 0.499. The molecule has 0 saturated carbocycles. The highest BCUT2D eigenvalue weighted by Gasteiger charge is 2.14. The molecular formula is C18H12ClN3OS2. The van der Waals surface area contributed by atoms with Gasteiger partial charge in [-0.25, -0.2) is 4.98 Å². The van der Waals surface area contributed by atoms with Crippen LogP contribution in [0.5, 0.6) is 0 Å². The molecule has 0 bridgehead atoms. The number of pyridine rings is 1. The van der Waals surface area contributed by atoms with E-state index in [2.05, 4.69) is 11.1 Å². The second-order valence-corrected chi connectivity index (χ2v) is 7.32. The number of ketones is 1. The molecular weight excluding hydrogens is 374 g/mol. The van der Waals surface area contributed by atoms with E-state index >= 15 is 0 Å². The number of nitriles is 1. The average molecular weight is 386 g/mol. The first-order valence-electron chi connectivity index (χ1n) is 7.23. The summed E-state index contributed by atoms with van der Waals surface area (Å²) in [7, 11) is 0. The minimum absolute atomic E-state index is 0.0246. The van der Waals surface area contributed by atoms with Crippen LogP contribution in [0.25, 0.3) is 11.1 Å². The Labute approximate surface area is 158 Å². The highest BCUT2D eigenvalue weighted by molar-refractivity contribution is 7.99. The number of halogens is 1. The number of anilines is 1. The Morgan fingerprint density at radius 2 is 2.08 bits per heavy atom. The Morgan fingerprint density at radius 1 is 1.32 bits per heavy atom. The molecule has 0 amide bonds. The van der Waals surface area contributed by atoms with Crippen LogP contribution in [0.15, 0.2) is 52.2 Å². The molecule has 0 aliphatic heterocycles. The van der Waals surface area contributed by atoms with E-state index in [1.54, 1.807) is 30.3 Å². The van der Waals surface area contributed by atoms with Crippen LogP contribution in [-0.4, -0.2) is 16.5 Å². The predicted octanol–water partition coefficient (Wildman–Crippen LogP) is 4.89. The van der Waals surface area contributed by atoms with Gasteiger partial charge in [-0.05, 0) is 52.7 Å². The van der Waals surface area contributed by atoms with Crippen molar-refractivity contribution < 1.29 is 4.79 Å². The number of nitrogen functional groups attached to an aromatic ring is 1. The molecule has 0 atom stereocenters. The summed E-state index contributed by atoms with van der Waals surface area (Å²) in [4.78, 5) is 16.5. The average Bonchev–Trinajstić information content (AvgIpc) is 3.14. The van der Waals surface area contributed by atoms with Crippen LogP contribution in [0.4, 0.5) is 5.82 Å². The zero-order valence-electron chi connectivity index (χ0n) is 12.9. The van der Waals surface area contributed by atoms with E-state index in [1.807, 2.05) is 16.8 Å². The van der Waals surface area contributed by atoms with Crippen LogP contribution in [0.1, 0.15) is 15.9 Å². The molecule has 2 aromatic heterocycles. The second kappa shape index (κ2) is 7.70. The molecule has 0 radical (unpaired) electrons. The lowest BCUT2D eigenvalue weighted by Gasteiger charge is -2.08. The standard InChI is InChI=1S/C18H12ClN3OS2/c19-13-3-1-11(2-4-13)16(23)10-25-17-7-14(12-5-6-24-9-12)15(8-20)18(21)22-17/h1-7,9H,10H2,(H2,21,22). The van der Waals surface area contributed by atoms with E-state index in [1.165, 1.54) is 23.1 Å². The highest BCUT2D eigenvalue weighted by Crippen LogP contribution is 2.32. The van der Waals surface area contributed by atoms with Gasteiger partial charge in [-0.2, -0.15) is 16.6 Å². The lowest BCUT2D eigenvalue weighted by atomic mass is 10.1. The molecule has 3 rings (SSSR count). The van der Waals surface area contributed by atoms with Crippen molar-refractivity contribution in [3.63, 3.8) is 0 Å². The number of hydrogen-bond donors (Lipinski definition) is 1. The Hall–Kier alpha value is -2.33. The van der Waals surface area contributed by atoms with Gasteiger partial charge in [0.15, 0.2) is 5.78 Å². The summed E-state index contributed by atoms with van der Waals surface area (Å²) in [5, 5.41) is 14.4. The van der Waals surface area contributed by atoms with Crippen molar-refractivity contribution in [3.8, 4) is 17.2 Å². The number of hydrogen-bond acceptors (Lipinski definition) is 6. The van der Waals surface area contributed by atoms with Crippen LogP contribution >= 0.6 is 34.7 Å². The fourth-order valence-corrected chi connectivity index (χ4v) is 3.83. The summed E-state index contributed by atoms with van der Waals surface area (Å²) in [6, 6.07) is 12.6. The maximum atomic E-state index is 12.3. The van der Waals surface area contributed by atoms with Crippen molar-refractivity contribution in [2.75, 3.05) is 11.5 Å². The zero-order chi connectivity index (χ0) is 17.8. The summed E-state index contributed by atoms with van der Waals surface area (Å²) in [5.41, 5.74) is 8.53. The van der Waals surface area contributed by atoms with E-state index < -0.39 is 0 Å². The van der Waals surface area contributed by atoms with Crippen molar-refractivity contribution >= 4 is 46.3 Å². The van der Waals surface area contributed by atoms with Crippen LogP contribution in [0, 0.1) is 11.3 Å². The summed E-state index contributed by atoms with van der Waals surface area (Å²) in [6.45, 7) is 0. The van der Waals surface area contributed by atoms with Gasteiger partial charge in [0.2, 0.25) is 0 Å². The van der Waals surface area contributed by atoms with E-state index in [0.717, 1.165) is 11.1 Å². The van der Waals surface area contributed by atoms with Gasteiger partial charge in [0.05, 0.1) is 10.8 Å². The van der Waals surface area contributed by atoms with Crippen molar-refractivity contribution in [1.82, 2.24) is 4.98 Å². The first-order chi connectivity index (χ1) is 12.1. The minimum atomic E-state index is -0.0246. The Balaban J connectivity index is 1.82. The molecule has 0 spiro atoms. The number of thiophene rings is 1. The lowest BCUT2D eigenvalue weighted by molar-refractivity contribution is 0.102. The maximum Gasteiger partial charge on any atom is 0.173 e. The van der Waals surface area contributed by atoms with Gasteiger partial charge in [0, 0.05) is 16.1 Å². The minimum Gasteiger partial charge on any atom is -0.383 e. The molecule has 2 heterocycles. The number of carbonyl (C=O) groups excluding carboxylic acids is 1. The Morgan fingerprint density at radius 3 is 2.72 bits per heavy atom. The van der Waals surface area contributed by atoms with Gasteiger partial charge in [-0.3, -0.25) is 4.79 Å². The highest BCUT2D eigenvalue weighted by atomic mass is 35.5. The predicted molar refractivity (Wildman–Crippen MR) is 103 cm³/mol. The number of nitrogens with two attached hydrogens (primary N) is 1. The number of nitrogens with zero attached hydrogens (tertiary/aromatic N) is 2. The van der Waals surface area contributed by atoms with Gasteiger partial charge in [-0.15, -0.1) is 0 Å². The first-order valence-corrected chi connectivity index (χ1v) is 9.54. The number of benzene rings is 1. The van der Waals surface area contributed by atoms with Gasteiger partial charge in [-0.1, -0.05) is 23.4 Å². The number of thioether (sulfide) groups is 1. The molecule has 2 N–H and O–H groups in total. The maximum absolute atomic E-state index is 12.3. The van der Waals surface area contributed by atoms with E-state index in [4.69, 9.17) is 17.3 Å². The van der Waals surface area contributed by atoms with Crippen molar-refractivity contribution in [2.45, 2.75) is 5.03 Å². The number of Topliss-reactive ketones (excluding diaryl/α,β-unsaturated/α-hetero) is 1. The smallest absolute Gasteiger partial charge is 0.173 e. The third-order valence-electron chi connectivity index (χ3n) is 3.49. The molecule has 0 unspecified atom stereocenters. The van der Waals surface area contributed by atoms with E-state index in [0.29, 0.717) is 21.2 Å². The fourth-order valence-electron chi connectivity index (χ4n) is 2.24. The van der Waals surface area contributed by atoms with Crippen LogP contribution < -0.4 is 5.73 Å². The largest absolute Gasteiger partial charge is 0.383 e. The molecule has 25 heavy (non-hydrogen) atoms. The van der Waals surface area contributed by atoms with Crippen molar-refractivity contribution in [1.29, 1.82) is 5.26 Å². The monoisotopic (exact) mass is 385 g/mol. The molecule has 4 nitrogen and oxygen atoms in total. The van der Waals surface area contributed by atoms with Gasteiger partial charge in [0.1, 0.15) is 17.5 Å². The number of aromatic nitrogens is 1. The summed E-state index contributed by atoms with van der Waals surface area (Å²) < 4.78 is 0. The number of rotatable bonds is 5. The van der Waals surface area contributed by atoms with Crippen molar-refractivity contribution in [3.05, 3.63) is 63.3 Å². The van der Waals surface area contributed by atoms with Crippen LogP contribution in [0.3, 0.4) is 0 Å². The third-order valence-corrected chi connectivity index (χ3v) is 5.33. The molecule has 0 aliphatic rings. The number of carbonyl (C=O) groups is 1. The molecule has 0 fully saturated rings. The van der Waals surface area contributed by atoms with Crippen LogP contribution in [0.2, 0.25) is 5.02 Å². The molecule has 1 aromatic carbocycles. The Bertz CT molecular complexity index is 948. The first kappa shape index (κ1) is 17.5. The van der Waals surface area contributed by atoms with Crippen molar-refractivity contribution in [2.24, 2.45) is 0 Å². The lowest BCUT2D eigenvalue weighted by Crippen LogP contribution is -2.04. The Kier molecular flexibility index (Phi) is 5.39. The molecule has 3 aromatic rings.